The quantitative estimate of drug-likeness (QED) is 0.800. The lowest BCUT2D eigenvalue weighted by Crippen LogP contribution is -2.44. The number of benzene rings is 2. The van der Waals surface area contributed by atoms with Gasteiger partial charge in [0.05, 0.1) is 6.04 Å². The number of carbonyl (C=O) groups excluding carboxylic acids is 2. The number of carbonyl (C=O) groups is 2. The smallest absolute Gasteiger partial charge is 0.322 e. The van der Waals surface area contributed by atoms with E-state index in [9.17, 15) is 14.0 Å². The van der Waals surface area contributed by atoms with E-state index in [0.29, 0.717) is 12.1 Å². The van der Waals surface area contributed by atoms with Crippen molar-refractivity contribution in [2.24, 2.45) is 0 Å². The summed E-state index contributed by atoms with van der Waals surface area (Å²) in [6.45, 7) is 4.29. The molecule has 0 fully saturated rings. The van der Waals surface area contributed by atoms with Crippen molar-refractivity contribution >= 4 is 17.9 Å². The minimum Gasteiger partial charge on any atom is -0.327 e. The number of nitrogens with one attached hydrogen (secondary N) is 1. The van der Waals surface area contributed by atoms with Crippen molar-refractivity contribution in [2.45, 2.75) is 19.9 Å². The molecule has 0 radical (unpaired) electrons. The van der Waals surface area contributed by atoms with Gasteiger partial charge in [-0.25, -0.2) is 9.18 Å². The lowest BCUT2D eigenvalue weighted by Gasteiger charge is -2.31. The second-order valence-electron chi connectivity index (χ2n) is 6.41. The number of hydrogen-bond acceptors (Lipinski definition) is 2. The Morgan fingerprint density at radius 3 is 2.44 bits per heavy atom. The van der Waals surface area contributed by atoms with E-state index in [4.69, 9.17) is 0 Å². The van der Waals surface area contributed by atoms with Crippen molar-refractivity contribution in [3.63, 3.8) is 0 Å². The first-order valence-corrected chi connectivity index (χ1v) is 8.81. The van der Waals surface area contributed by atoms with Crippen LogP contribution in [0.2, 0.25) is 0 Å². The lowest BCUT2D eigenvalue weighted by molar-refractivity contribution is -0.111. The number of allylic oxidation sites excluding steroid dienone is 1. The predicted molar refractivity (Wildman–Crippen MR) is 103 cm³/mol. The number of ketones is 1. The number of halogens is 1. The molecular formula is C22H21FN2O2. The van der Waals surface area contributed by atoms with Crippen LogP contribution in [0.25, 0.3) is 6.08 Å². The zero-order valence-electron chi connectivity index (χ0n) is 15.3. The normalized spacial score (nSPS) is 17.0. The highest BCUT2D eigenvalue weighted by Crippen LogP contribution is 2.27. The molecule has 0 unspecified atom stereocenters. The summed E-state index contributed by atoms with van der Waals surface area (Å²) in [7, 11) is 0. The van der Waals surface area contributed by atoms with Crippen molar-refractivity contribution < 1.29 is 14.0 Å². The van der Waals surface area contributed by atoms with Crippen molar-refractivity contribution in [1.82, 2.24) is 10.2 Å². The Morgan fingerprint density at radius 1 is 1.15 bits per heavy atom. The summed E-state index contributed by atoms with van der Waals surface area (Å²) in [5.74, 6) is -0.530. The van der Waals surface area contributed by atoms with Gasteiger partial charge < -0.3 is 10.2 Å². The first-order chi connectivity index (χ1) is 13.0. The van der Waals surface area contributed by atoms with Crippen LogP contribution in [-0.4, -0.2) is 23.3 Å². The molecule has 1 heterocycles. The van der Waals surface area contributed by atoms with Crippen LogP contribution in [0.3, 0.4) is 0 Å². The van der Waals surface area contributed by atoms with Gasteiger partial charge in [-0.3, -0.25) is 4.79 Å². The van der Waals surface area contributed by atoms with Crippen molar-refractivity contribution in [1.29, 1.82) is 0 Å². The van der Waals surface area contributed by atoms with Gasteiger partial charge in [-0.15, -0.1) is 0 Å². The Labute approximate surface area is 158 Å². The van der Waals surface area contributed by atoms with Gasteiger partial charge in [0.15, 0.2) is 5.78 Å². The molecule has 3 rings (SSSR count). The summed E-state index contributed by atoms with van der Waals surface area (Å²) >= 11 is 0. The fourth-order valence-corrected chi connectivity index (χ4v) is 2.89. The van der Waals surface area contributed by atoms with Gasteiger partial charge >= 0.3 is 6.03 Å². The molecule has 5 heteroatoms. The van der Waals surface area contributed by atoms with E-state index in [-0.39, 0.29) is 17.6 Å². The van der Waals surface area contributed by atoms with E-state index in [1.54, 1.807) is 24.4 Å². The Balaban J connectivity index is 1.91. The molecule has 138 valence electrons. The van der Waals surface area contributed by atoms with Gasteiger partial charge in [0.25, 0.3) is 0 Å². The van der Waals surface area contributed by atoms with Gasteiger partial charge in [-0.1, -0.05) is 48.0 Å². The second kappa shape index (κ2) is 7.99. The fourth-order valence-electron chi connectivity index (χ4n) is 2.89. The van der Waals surface area contributed by atoms with E-state index in [2.05, 4.69) is 5.32 Å². The monoisotopic (exact) mass is 364 g/mol. The lowest BCUT2D eigenvalue weighted by atomic mass is 9.93. The van der Waals surface area contributed by atoms with E-state index in [1.807, 2.05) is 38.1 Å². The Bertz CT molecular complexity index is 899. The van der Waals surface area contributed by atoms with Crippen LogP contribution in [0, 0.1) is 12.7 Å². The average Bonchev–Trinajstić information content (AvgIpc) is 2.67. The molecule has 0 saturated heterocycles. The van der Waals surface area contributed by atoms with Gasteiger partial charge in [0.2, 0.25) is 0 Å². The molecule has 27 heavy (non-hydrogen) atoms. The molecule has 1 N–H and O–H groups in total. The van der Waals surface area contributed by atoms with E-state index in [0.717, 1.165) is 16.7 Å². The summed E-state index contributed by atoms with van der Waals surface area (Å²) in [5, 5.41) is 2.90. The maximum Gasteiger partial charge on any atom is 0.322 e. The molecule has 4 nitrogen and oxygen atoms in total. The summed E-state index contributed by atoms with van der Waals surface area (Å²) < 4.78 is 13.0. The number of hydrogen-bond donors (Lipinski definition) is 1. The van der Waals surface area contributed by atoms with Crippen LogP contribution in [0.5, 0.6) is 0 Å². The molecular weight excluding hydrogens is 343 g/mol. The van der Waals surface area contributed by atoms with Crippen LogP contribution < -0.4 is 5.32 Å². The molecule has 2 amide bonds. The first kappa shape index (κ1) is 18.6. The molecule has 0 aromatic heterocycles. The van der Waals surface area contributed by atoms with Gasteiger partial charge in [-0.2, -0.15) is 0 Å². The molecule has 1 aliphatic heterocycles. The van der Waals surface area contributed by atoms with Gasteiger partial charge in [0, 0.05) is 18.3 Å². The molecule has 0 bridgehead atoms. The zero-order valence-corrected chi connectivity index (χ0v) is 15.3. The Kier molecular flexibility index (Phi) is 5.50. The largest absolute Gasteiger partial charge is 0.327 e. The standard InChI is InChI=1S/C22H21FN2O2/c1-3-25-14-19(20(26)13-8-16-6-11-18(23)12-7-16)21(24-22(25)27)17-9-4-15(2)5-10-17/h4-14,21H,3H2,1-2H3,(H,24,27)/b13-8+/t21-/m1/s1. The summed E-state index contributed by atoms with van der Waals surface area (Å²) in [6, 6.07) is 12.9. The third-order valence-electron chi connectivity index (χ3n) is 4.47. The minimum absolute atomic E-state index is 0.205. The van der Waals surface area contributed by atoms with Crippen molar-refractivity contribution in [3.05, 3.63) is 88.9 Å². The second-order valence-corrected chi connectivity index (χ2v) is 6.41. The Morgan fingerprint density at radius 2 is 1.81 bits per heavy atom. The third kappa shape index (κ3) is 4.31. The van der Waals surface area contributed by atoms with Crippen LogP contribution in [0.15, 0.2) is 66.4 Å². The van der Waals surface area contributed by atoms with Crippen LogP contribution in [0.1, 0.15) is 29.7 Å². The number of urea groups is 1. The molecule has 0 spiro atoms. The Hall–Kier alpha value is -3.21. The highest BCUT2D eigenvalue weighted by molar-refractivity contribution is 6.08. The maximum atomic E-state index is 13.0. The van der Waals surface area contributed by atoms with Crippen molar-refractivity contribution in [2.75, 3.05) is 6.54 Å². The highest BCUT2D eigenvalue weighted by Gasteiger charge is 2.30. The zero-order chi connectivity index (χ0) is 19.4. The highest BCUT2D eigenvalue weighted by atomic mass is 19.1. The summed E-state index contributed by atoms with van der Waals surface area (Å²) in [6.07, 6.45) is 4.70. The van der Waals surface area contributed by atoms with E-state index in [1.165, 1.54) is 23.1 Å². The summed E-state index contributed by atoms with van der Waals surface area (Å²) in [4.78, 5) is 26.6. The summed E-state index contributed by atoms with van der Waals surface area (Å²) in [5.41, 5.74) is 3.16. The average molecular weight is 364 g/mol. The molecule has 0 saturated carbocycles. The topological polar surface area (TPSA) is 49.4 Å². The van der Waals surface area contributed by atoms with Crippen molar-refractivity contribution in [3.8, 4) is 0 Å². The van der Waals surface area contributed by atoms with Crippen LogP contribution in [0.4, 0.5) is 9.18 Å². The number of nitrogens with zero attached hydrogens (tertiary/aromatic N) is 1. The van der Waals surface area contributed by atoms with E-state index < -0.39 is 6.04 Å². The first-order valence-electron chi connectivity index (χ1n) is 8.81. The molecule has 2 aromatic rings. The molecule has 1 atom stereocenters. The third-order valence-corrected chi connectivity index (χ3v) is 4.47. The van der Waals surface area contributed by atoms with Gasteiger partial charge in [0.1, 0.15) is 5.82 Å². The fraction of sp³-hybridized carbons (Fsp3) is 0.182. The minimum atomic E-state index is -0.508. The SMILES string of the molecule is CCN1C=C(C(=O)/C=C/c2ccc(F)cc2)[C@@H](c2ccc(C)cc2)NC1=O. The van der Waals surface area contributed by atoms with Gasteiger partial charge in [-0.05, 0) is 43.2 Å². The molecule has 1 aliphatic rings. The van der Waals surface area contributed by atoms with Crippen LogP contribution >= 0.6 is 0 Å². The molecule has 2 aromatic carbocycles. The number of rotatable bonds is 5. The number of aryl methyl sites for hydroxylation is 1. The van der Waals surface area contributed by atoms with E-state index >= 15 is 0 Å². The number of amides is 2. The predicted octanol–water partition coefficient (Wildman–Crippen LogP) is 4.39. The van der Waals surface area contributed by atoms with Crippen LogP contribution in [-0.2, 0) is 4.79 Å². The maximum absolute atomic E-state index is 13.0. The molecule has 0 aliphatic carbocycles.